The molecule has 1 aliphatic heterocycles. The van der Waals surface area contributed by atoms with Gasteiger partial charge in [0.1, 0.15) is 18.3 Å². The van der Waals surface area contributed by atoms with Crippen LogP contribution in [0.15, 0.2) is 0 Å². The van der Waals surface area contributed by atoms with Crippen LogP contribution in [0.2, 0.25) is 0 Å². The summed E-state index contributed by atoms with van der Waals surface area (Å²) < 4.78 is 65.8. The van der Waals surface area contributed by atoms with Crippen molar-refractivity contribution in [1.82, 2.24) is 0 Å². The van der Waals surface area contributed by atoms with Gasteiger partial charge in [0.15, 0.2) is 12.4 Å². The maximum Gasteiger partial charge on any atom is 0.472 e. The highest BCUT2D eigenvalue weighted by Gasteiger charge is 2.55. The number of aliphatic hydroxyl groups is 1. The molecular weight excluding hydrogens is 484 g/mol. The van der Waals surface area contributed by atoms with E-state index in [0.717, 1.165) is 0 Å². The van der Waals surface area contributed by atoms with E-state index in [4.69, 9.17) is 43.9 Å². The number of hydrogen-bond acceptors (Lipinski definition) is 10. The van der Waals surface area contributed by atoms with Gasteiger partial charge >= 0.3 is 31.3 Å². The van der Waals surface area contributed by atoms with Crippen molar-refractivity contribution in [2.75, 3.05) is 6.61 Å². The highest BCUT2D eigenvalue weighted by Crippen LogP contribution is 2.52. The lowest BCUT2D eigenvalue weighted by atomic mass is 9.99. The average molecular weight is 500 g/mol. The van der Waals surface area contributed by atoms with E-state index in [1.807, 2.05) is 0 Å². The minimum absolute atomic E-state index is 1.24. The van der Waals surface area contributed by atoms with Gasteiger partial charge < -0.3 is 49.0 Å². The van der Waals surface area contributed by atoms with Gasteiger partial charge in [0.05, 0.1) is 6.61 Å². The van der Waals surface area contributed by atoms with E-state index < -0.39 is 68.6 Å². The van der Waals surface area contributed by atoms with Crippen LogP contribution in [-0.2, 0) is 41.1 Å². The molecule has 0 aromatic carbocycles. The van der Waals surface area contributed by atoms with Crippen LogP contribution in [0.4, 0.5) is 0 Å². The highest BCUT2D eigenvalue weighted by molar-refractivity contribution is 7.47. The monoisotopic (exact) mass is 500 g/mol. The first-order valence-electron chi connectivity index (χ1n) is 6.53. The summed E-state index contributed by atoms with van der Waals surface area (Å²) in [6.45, 7) is -1.24. The molecule has 0 radical (unpaired) electrons. The maximum atomic E-state index is 11.2. The van der Waals surface area contributed by atoms with Crippen LogP contribution < -0.4 is 0 Å². The Labute approximate surface area is 154 Å². The van der Waals surface area contributed by atoms with E-state index in [0.29, 0.717) is 0 Å². The Balaban J connectivity index is 3.48. The number of aliphatic hydroxyl groups excluding tert-OH is 1. The van der Waals surface area contributed by atoms with Gasteiger partial charge in [-0.15, -0.1) is 0 Å². The Morgan fingerprint density at radius 2 is 0.964 bits per heavy atom. The number of phosphoric acid groups is 4. The zero-order valence-corrected chi connectivity index (χ0v) is 16.7. The van der Waals surface area contributed by atoms with Crippen LogP contribution in [-0.4, -0.2) is 81.6 Å². The molecule has 168 valence electrons. The molecule has 9 N–H and O–H groups in total. The molecule has 0 aromatic heterocycles. The molecule has 0 spiro atoms. The minimum atomic E-state index is -5.61. The van der Waals surface area contributed by atoms with Crippen LogP contribution >= 0.6 is 31.3 Å². The van der Waals surface area contributed by atoms with Gasteiger partial charge in [-0.05, 0) is 0 Å². The number of phosphoric ester groups is 4. The molecule has 1 rings (SSSR count). The number of rotatable bonds is 9. The van der Waals surface area contributed by atoms with Crippen molar-refractivity contribution < 1.29 is 85.3 Å². The fourth-order valence-corrected chi connectivity index (χ4v) is 4.19. The summed E-state index contributed by atoms with van der Waals surface area (Å²) in [7, 11) is -22.2. The number of hydrogen-bond donors (Lipinski definition) is 9. The maximum absolute atomic E-state index is 11.2. The SMILES string of the molecule is O=P(O)(O)O[C@@H]1O[C@H](CO)[C@@H](OP(=O)(O)O)[C@H](OP(=O)(O)O)[C@@H]1OP(=O)(O)O. The molecule has 0 aliphatic carbocycles. The van der Waals surface area contributed by atoms with E-state index in [9.17, 15) is 23.4 Å². The third kappa shape index (κ3) is 9.45. The third-order valence-electron chi connectivity index (χ3n) is 2.79. The first-order chi connectivity index (χ1) is 12.3. The molecular formula is C6H16O18P4. The smallest absolute Gasteiger partial charge is 0.394 e. The average Bonchev–Trinajstić information content (AvgIpc) is 2.39. The van der Waals surface area contributed by atoms with Gasteiger partial charge in [-0.2, -0.15) is 0 Å². The van der Waals surface area contributed by atoms with Crippen molar-refractivity contribution in [3.8, 4) is 0 Å². The van der Waals surface area contributed by atoms with Crippen LogP contribution in [0, 0.1) is 0 Å². The number of ether oxygens (including phenoxy) is 1. The van der Waals surface area contributed by atoms with E-state index in [-0.39, 0.29) is 0 Å². The van der Waals surface area contributed by atoms with Crippen molar-refractivity contribution in [2.24, 2.45) is 0 Å². The molecule has 1 fully saturated rings. The molecule has 0 saturated carbocycles. The molecule has 0 aromatic rings. The van der Waals surface area contributed by atoms with E-state index >= 15 is 0 Å². The largest absolute Gasteiger partial charge is 0.472 e. The second-order valence-electron chi connectivity index (χ2n) is 5.00. The van der Waals surface area contributed by atoms with Gasteiger partial charge in [-0.1, -0.05) is 0 Å². The summed E-state index contributed by atoms with van der Waals surface area (Å²) in [6, 6.07) is 0. The molecule has 28 heavy (non-hydrogen) atoms. The van der Waals surface area contributed by atoms with E-state index in [1.165, 1.54) is 0 Å². The lowest BCUT2D eigenvalue weighted by Crippen LogP contribution is -2.60. The van der Waals surface area contributed by atoms with Gasteiger partial charge in [-0.3, -0.25) is 18.1 Å². The van der Waals surface area contributed by atoms with Gasteiger partial charge in [0.25, 0.3) is 0 Å². The predicted octanol–water partition coefficient (Wildman–Crippen LogP) is -2.75. The highest BCUT2D eigenvalue weighted by atomic mass is 31.2. The van der Waals surface area contributed by atoms with Crippen LogP contribution in [0.3, 0.4) is 0 Å². The second-order valence-corrected chi connectivity index (χ2v) is 9.77. The summed E-state index contributed by atoms with van der Waals surface area (Å²) in [4.78, 5) is 71.4. The van der Waals surface area contributed by atoms with E-state index in [1.54, 1.807) is 0 Å². The van der Waals surface area contributed by atoms with Gasteiger partial charge in [0.2, 0.25) is 0 Å². The van der Waals surface area contributed by atoms with Crippen LogP contribution in [0.25, 0.3) is 0 Å². The lowest BCUT2D eigenvalue weighted by molar-refractivity contribution is -0.271. The standard InChI is InChI=1S/C6H16O18P4/c7-1-2-3(21-25(8,9)10)4(22-26(11,12)13)5(23-27(14,15)16)6(20-2)24-28(17,18)19/h2-7H,1H2,(H2,8,9,10)(H2,11,12,13)(H2,14,15,16)(H2,17,18,19)/t2-,3-,4+,5+,6+/m1/s1. The van der Waals surface area contributed by atoms with Crippen molar-refractivity contribution >= 4 is 31.3 Å². The molecule has 22 heteroatoms. The Kier molecular flexibility index (Phi) is 8.71. The zero-order chi connectivity index (χ0) is 22.1. The molecule has 0 unspecified atom stereocenters. The first kappa shape index (κ1) is 26.4. The Hall–Kier alpha value is 0.360. The molecule has 5 atom stereocenters. The van der Waals surface area contributed by atoms with Crippen molar-refractivity contribution in [3.63, 3.8) is 0 Å². The summed E-state index contributed by atoms with van der Waals surface area (Å²) in [6.07, 6.45) is -12.1. The van der Waals surface area contributed by atoms with Gasteiger partial charge in [0, 0.05) is 0 Å². The zero-order valence-electron chi connectivity index (χ0n) is 13.1. The van der Waals surface area contributed by atoms with Crippen molar-refractivity contribution in [3.05, 3.63) is 0 Å². The topological polar surface area (TPSA) is 296 Å². The Bertz CT molecular complexity index is 712. The van der Waals surface area contributed by atoms with Crippen LogP contribution in [0.5, 0.6) is 0 Å². The molecule has 1 saturated heterocycles. The second kappa shape index (κ2) is 9.24. The summed E-state index contributed by atoms with van der Waals surface area (Å²) in [5.74, 6) is 0. The Morgan fingerprint density at radius 1 is 0.607 bits per heavy atom. The fraction of sp³-hybridized carbons (Fsp3) is 1.00. The summed E-state index contributed by atoms with van der Waals surface area (Å²) in [5.41, 5.74) is 0. The quantitative estimate of drug-likeness (QED) is 0.145. The van der Waals surface area contributed by atoms with Crippen molar-refractivity contribution in [1.29, 1.82) is 0 Å². The minimum Gasteiger partial charge on any atom is -0.394 e. The molecule has 1 heterocycles. The summed E-state index contributed by atoms with van der Waals surface area (Å²) >= 11 is 0. The van der Waals surface area contributed by atoms with Crippen molar-refractivity contribution in [2.45, 2.75) is 30.7 Å². The summed E-state index contributed by atoms with van der Waals surface area (Å²) in [5, 5.41) is 9.26. The normalized spacial score (nSPS) is 30.4. The van der Waals surface area contributed by atoms with E-state index in [2.05, 4.69) is 18.1 Å². The lowest BCUT2D eigenvalue weighted by Gasteiger charge is -2.44. The fourth-order valence-electron chi connectivity index (χ4n) is 2.08. The molecule has 1 aliphatic rings. The predicted molar refractivity (Wildman–Crippen MR) is 79.6 cm³/mol. The molecule has 0 bridgehead atoms. The third-order valence-corrected chi connectivity index (χ3v) is 4.83. The molecule has 18 nitrogen and oxygen atoms in total. The van der Waals surface area contributed by atoms with Crippen LogP contribution in [0.1, 0.15) is 0 Å². The first-order valence-corrected chi connectivity index (χ1v) is 12.7. The Morgan fingerprint density at radius 3 is 1.32 bits per heavy atom. The molecule has 0 amide bonds. The van der Waals surface area contributed by atoms with Gasteiger partial charge in [-0.25, -0.2) is 18.3 Å².